The first kappa shape index (κ1) is 36.9. The highest BCUT2D eigenvalue weighted by molar-refractivity contribution is 6.39. The molecule has 4 nitrogen and oxygen atoms in total. The lowest BCUT2D eigenvalue weighted by Crippen LogP contribution is -2.41. The highest BCUT2D eigenvalue weighted by Gasteiger charge is 2.38. The Balaban J connectivity index is 0.000000573. The van der Waals surface area contributed by atoms with Gasteiger partial charge in [0.05, 0.1) is 32.5 Å². The molecule has 4 rings (SSSR count). The van der Waals surface area contributed by atoms with E-state index in [9.17, 15) is 48.3 Å². The molecule has 1 unspecified atom stereocenters. The third-order valence-corrected chi connectivity index (χ3v) is 6.26. The summed E-state index contributed by atoms with van der Waals surface area (Å²) in [6, 6.07) is 4.57. The average molecular weight is 683 g/mol. The van der Waals surface area contributed by atoms with Gasteiger partial charge in [-0.15, -0.1) is 12.1 Å². The Bertz CT molecular complexity index is 1630. The molecule has 0 amide bonds. The van der Waals surface area contributed by atoms with Gasteiger partial charge < -0.3 is 18.4 Å². The largest absolute Gasteiger partial charge is 0.864 e. The molecule has 0 radical (unpaired) electrons. The van der Waals surface area contributed by atoms with Gasteiger partial charge in [0.25, 0.3) is 0 Å². The third kappa shape index (κ3) is 8.84. The van der Waals surface area contributed by atoms with Crippen LogP contribution in [0.1, 0.15) is 24.9 Å². The SMILES string of the molecule is CCC(c1c(OB(Oc2cc(F)c(F)c(F)c2)Oc2cc(F)c(F)c(F)c2)cc(F)c(F)c1F)[N+](C)(C)C.Fc1c[c-]cc(F)c1F. The molecule has 47 heavy (non-hydrogen) atoms. The van der Waals surface area contributed by atoms with Crippen LogP contribution in [-0.4, -0.2) is 32.9 Å². The first-order valence-electron chi connectivity index (χ1n) is 13.1. The fraction of sp³-hybridized carbons (Fsp3) is 0.200. The van der Waals surface area contributed by atoms with E-state index in [-0.39, 0.29) is 10.9 Å². The molecule has 0 heterocycles. The number of hydrogen-bond acceptors (Lipinski definition) is 3. The second-order valence-corrected chi connectivity index (χ2v) is 10.4. The normalized spacial score (nSPS) is 11.8. The number of benzene rings is 4. The van der Waals surface area contributed by atoms with E-state index in [1.54, 1.807) is 28.1 Å². The summed E-state index contributed by atoms with van der Waals surface area (Å²) < 4.78 is 177. The molecule has 0 saturated heterocycles. The number of quaternary nitrogens is 1. The van der Waals surface area contributed by atoms with Crippen LogP contribution in [0.25, 0.3) is 0 Å². The maximum atomic E-state index is 15.0. The topological polar surface area (TPSA) is 27.7 Å². The Kier molecular flexibility index (Phi) is 11.7. The zero-order chi connectivity index (χ0) is 35.4. The third-order valence-electron chi connectivity index (χ3n) is 6.26. The van der Waals surface area contributed by atoms with Gasteiger partial charge in [0.15, 0.2) is 52.4 Å². The lowest BCUT2D eigenvalue weighted by atomic mass is 9.98. The molecule has 252 valence electrons. The van der Waals surface area contributed by atoms with E-state index >= 15 is 4.39 Å². The van der Waals surface area contributed by atoms with Gasteiger partial charge in [-0.05, 0) is 0 Å². The molecule has 0 N–H and O–H groups in total. The Labute approximate surface area is 260 Å². The summed E-state index contributed by atoms with van der Waals surface area (Å²) in [5.41, 5.74) is -0.482. The van der Waals surface area contributed by atoms with Gasteiger partial charge in [0, 0.05) is 48.4 Å². The molecular formula is C30H22BF12NO3. The van der Waals surface area contributed by atoms with Gasteiger partial charge in [0.2, 0.25) is 0 Å². The van der Waals surface area contributed by atoms with Gasteiger partial charge in [-0.1, -0.05) is 6.92 Å². The highest BCUT2D eigenvalue weighted by atomic mass is 19.2. The first-order chi connectivity index (χ1) is 21.8. The number of nitrogens with zero attached hydrogens (tertiary/aromatic N) is 1. The molecule has 4 aromatic rings. The smallest absolute Gasteiger partial charge is 0.489 e. The first-order valence-corrected chi connectivity index (χ1v) is 13.1. The fourth-order valence-electron chi connectivity index (χ4n) is 4.16. The summed E-state index contributed by atoms with van der Waals surface area (Å²) in [6.07, 6.45) is 0.178. The Morgan fingerprint density at radius 2 is 0.936 bits per heavy atom. The molecule has 1 atom stereocenters. The van der Waals surface area contributed by atoms with Gasteiger partial charge in [-0.3, -0.25) is 8.78 Å². The summed E-state index contributed by atoms with van der Waals surface area (Å²) in [4.78, 5) is 0. The van der Waals surface area contributed by atoms with E-state index in [0.717, 1.165) is 12.1 Å². The van der Waals surface area contributed by atoms with E-state index in [1.165, 1.54) is 0 Å². The van der Waals surface area contributed by atoms with E-state index in [1.807, 2.05) is 0 Å². The quantitative estimate of drug-likeness (QED) is 0.0583. The van der Waals surface area contributed by atoms with Crippen molar-refractivity contribution in [2.24, 2.45) is 0 Å². The molecule has 0 fully saturated rings. The standard InChI is InChI=1S/C24H20BF9NO3.C6H2F3/c1-5-18(35(2,3)4)20-19(10-17(30)23(33)24(20)34)38-25(36-11-6-13(26)21(31)14(27)7-11)37-12-8-15(28)22(32)16(29)9-12;7-4-2-1-3-5(8)6(4)9/h6-10,18H,5H2,1-4H3;2-3H/q+1;-1. The lowest BCUT2D eigenvalue weighted by molar-refractivity contribution is -0.902. The summed E-state index contributed by atoms with van der Waals surface area (Å²) in [6.45, 7) is 1.62. The van der Waals surface area contributed by atoms with Gasteiger partial charge in [-0.25, -0.2) is 43.9 Å². The van der Waals surface area contributed by atoms with Crippen molar-refractivity contribution in [3.63, 3.8) is 0 Å². The lowest BCUT2D eigenvalue weighted by Gasteiger charge is -2.35. The molecule has 0 aliphatic carbocycles. The monoisotopic (exact) mass is 683 g/mol. The Morgan fingerprint density at radius 1 is 0.553 bits per heavy atom. The predicted molar refractivity (Wildman–Crippen MR) is 143 cm³/mol. The molecule has 0 aliphatic rings. The van der Waals surface area contributed by atoms with Crippen LogP contribution in [-0.2, 0) is 0 Å². The van der Waals surface area contributed by atoms with Crippen molar-refractivity contribution in [1.82, 2.24) is 0 Å². The van der Waals surface area contributed by atoms with Crippen LogP contribution >= 0.6 is 0 Å². The second kappa shape index (κ2) is 14.9. The van der Waals surface area contributed by atoms with E-state index in [0.29, 0.717) is 30.3 Å². The van der Waals surface area contributed by atoms with Crippen LogP contribution < -0.4 is 14.0 Å². The minimum absolute atomic E-state index is 0.00992. The molecule has 17 heteroatoms. The zero-order valence-corrected chi connectivity index (χ0v) is 24.6. The predicted octanol–water partition coefficient (Wildman–Crippen LogP) is 8.52. The second-order valence-electron chi connectivity index (χ2n) is 10.4. The Hall–Kier alpha value is -4.54. The molecule has 0 spiro atoms. The van der Waals surface area contributed by atoms with E-state index < -0.39 is 106 Å². The van der Waals surface area contributed by atoms with Gasteiger partial charge >= 0.3 is 7.32 Å². The minimum atomic E-state index is -2.32. The molecular weight excluding hydrogens is 661 g/mol. The molecule has 0 bridgehead atoms. The van der Waals surface area contributed by atoms with Crippen molar-refractivity contribution >= 4 is 7.32 Å². The molecule has 0 saturated carbocycles. The van der Waals surface area contributed by atoms with Crippen molar-refractivity contribution in [3.8, 4) is 17.2 Å². The number of hydrogen-bond donors (Lipinski definition) is 0. The van der Waals surface area contributed by atoms with Crippen molar-refractivity contribution in [2.75, 3.05) is 21.1 Å². The van der Waals surface area contributed by atoms with Crippen molar-refractivity contribution in [2.45, 2.75) is 19.4 Å². The molecule has 0 aromatic heterocycles. The van der Waals surface area contributed by atoms with Crippen molar-refractivity contribution in [3.05, 3.63) is 124 Å². The van der Waals surface area contributed by atoms with E-state index in [2.05, 4.69) is 6.07 Å². The maximum absolute atomic E-state index is 15.0. The van der Waals surface area contributed by atoms with Crippen LogP contribution in [0.4, 0.5) is 52.7 Å². The summed E-state index contributed by atoms with van der Waals surface area (Å²) in [5.74, 6) is -21.8. The molecule has 4 aromatic carbocycles. The summed E-state index contributed by atoms with van der Waals surface area (Å²) >= 11 is 0. The van der Waals surface area contributed by atoms with Crippen LogP contribution in [0.2, 0.25) is 0 Å². The highest BCUT2D eigenvalue weighted by Crippen LogP contribution is 2.38. The van der Waals surface area contributed by atoms with Crippen LogP contribution in [0, 0.1) is 75.9 Å². The van der Waals surface area contributed by atoms with Crippen LogP contribution in [0.15, 0.2) is 42.5 Å². The fourth-order valence-corrected chi connectivity index (χ4v) is 4.16. The van der Waals surface area contributed by atoms with Crippen LogP contribution in [0.3, 0.4) is 0 Å². The minimum Gasteiger partial charge on any atom is -0.489 e. The number of halogens is 12. The number of rotatable bonds is 9. The van der Waals surface area contributed by atoms with Crippen LogP contribution in [0.5, 0.6) is 17.2 Å². The van der Waals surface area contributed by atoms with Crippen molar-refractivity contribution in [1.29, 1.82) is 0 Å². The Morgan fingerprint density at radius 3 is 1.30 bits per heavy atom. The van der Waals surface area contributed by atoms with Gasteiger partial charge in [0.1, 0.15) is 23.3 Å². The van der Waals surface area contributed by atoms with E-state index in [4.69, 9.17) is 14.0 Å². The van der Waals surface area contributed by atoms with Crippen molar-refractivity contribution < 1.29 is 71.1 Å². The average Bonchev–Trinajstić information content (AvgIpc) is 2.97. The zero-order valence-electron chi connectivity index (χ0n) is 24.6. The maximum Gasteiger partial charge on any atom is 0.864 e. The van der Waals surface area contributed by atoms with Gasteiger partial charge in [-0.2, -0.15) is 6.07 Å². The summed E-state index contributed by atoms with van der Waals surface area (Å²) in [5, 5.41) is 0. The molecule has 0 aliphatic heterocycles. The summed E-state index contributed by atoms with van der Waals surface area (Å²) in [7, 11) is 2.54.